The highest BCUT2D eigenvalue weighted by Crippen LogP contribution is 2.44. The molecule has 1 saturated heterocycles. The van der Waals surface area contributed by atoms with Crippen molar-refractivity contribution in [2.45, 2.75) is 31.9 Å². The summed E-state index contributed by atoms with van der Waals surface area (Å²) in [5, 5.41) is 3.60. The van der Waals surface area contributed by atoms with Gasteiger partial charge in [0.2, 0.25) is 0 Å². The lowest BCUT2D eigenvalue weighted by Crippen LogP contribution is -2.16. The van der Waals surface area contributed by atoms with E-state index in [1.165, 1.54) is 19.3 Å². The Morgan fingerprint density at radius 1 is 1.44 bits per heavy atom. The fourth-order valence-corrected chi connectivity index (χ4v) is 3.28. The molecule has 1 saturated carbocycles. The molecule has 3 nitrogen and oxygen atoms in total. The topological polar surface area (TPSA) is 34.4 Å². The Balaban J connectivity index is 1.76. The van der Waals surface area contributed by atoms with Crippen LogP contribution in [0, 0.1) is 11.8 Å². The third kappa shape index (κ3) is 1.68. The van der Waals surface area contributed by atoms with Crippen molar-refractivity contribution in [2.24, 2.45) is 11.8 Å². The smallest absolute Gasteiger partial charge is 0.129 e. The van der Waals surface area contributed by atoms with Crippen LogP contribution in [0.25, 0.3) is 0 Å². The van der Waals surface area contributed by atoms with Gasteiger partial charge in [-0.15, -0.1) is 0 Å². The lowest BCUT2D eigenvalue weighted by molar-refractivity contribution is 0.160. The molecular formula is C13H19NO2. The van der Waals surface area contributed by atoms with Crippen molar-refractivity contribution in [3.8, 4) is 0 Å². The average molecular weight is 221 g/mol. The summed E-state index contributed by atoms with van der Waals surface area (Å²) in [6, 6.07) is 4.58. The molecule has 0 radical (unpaired) electrons. The number of hydrogen-bond donors (Lipinski definition) is 1. The highest BCUT2D eigenvalue weighted by molar-refractivity contribution is 5.14. The fourth-order valence-electron chi connectivity index (χ4n) is 3.28. The van der Waals surface area contributed by atoms with Crippen molar-refractivity contribution in [2.75, 3.05) is 13.7 Å². The molecule has 1 aliphatic carbocycles. The SMILES string of the molecule is COCc1ccc(C2NCC3CCCC32)o1. The van der Waals surface area contributed by atoms with Crippen LogP contribution in [0.5, 0.6) is 0 Å². The van der Waals surface area contributed by atoms with Crippen LogP contribution in [0.4, 0.5) is 0 Å². The van der Waals surface area contributed by atoms with E-state index in [0.717, 1.165) is 29.9 Å². The van der Waals surface area contributed by atoms with E-state index in [1.54, 1.807) is 7.11 Å². The first-order valence-corrected chi connectivity index (χ1v) is 6.19. The van der Waals surface area contributed by atoms with E-state index in [-0.39, 0.29) is 0 Å². The Labute approximate surface area is 96.2 Å². The second-order valence-corrected chi connectivity index (χ2v) is 4.98. The highest BCUT2D eigenvalue weighted by atomic mass is 16.5. The van der Waals surface area contributed by atoms with Gasteiger partial charge in [0.25, 0.3) is 0 Å². The normalized spacial score (nSPS) is 33.2. The molecule has 88 valence electrons. The van der Waals surface area contributed by atoms with E-state index in [2.05, 4.69) is 11.4 Å². The zero-order valence-corrected chi connectivity index (χ0v) is 9.74. The molecule has 1 aromatic rings. The number of hydrogen-bond acceptors (Lipinski definition) is 3. The van der Waals surface area contributed by atoms with Crippen molar-refractivity contribution in [1.29, 1.82) is 0 Å². The number of ether oxygens (including phenoxy) is 1. The third-order valence-electron chi connectivity index (χ3n) is 4.02. The zero-order chi connectivity index (χ0) is 11.0. The lowest BCUT2D eigenvalue weighted by Gasteiger charge is -2.15. The summed E-state index contributed by atoms with van der Waals surface area (Å²) < 4.78 is 10.9. The molecule has 3 atom stereocenters. The van der Waals surface area contributed by atoms with E-state index in [1.807, 2.05) is 6.07 Å². The highest BCUT2D eigenvalue weighted by Gasteiger charge is 2.40. The quantitative estimate of drug-likeness (QED) is 0.851. The molecule has 1 aromatic heterocycles. The van der Waals surface area contributed by atoms with E-state index in [0.29, 0.717) is 12.6 Å². The van der Waals surface area contributed by atoms with Crippen LogP contribution in [0.2, 0.25) is 0 Å². The summed E-state index contributed by atoms with van der Waals surface area (Å²) in [5.41, 5.74) is 0. The van der Waals surface area contributed by atoms with Crippen LogP contribution in [0.1, 0.15) is 36.8 Å². The summed E-state index contributed by atoms with van der Waals surface area (Å²) >= 11 is 0. The predicted octanol–water partition coefficient (Wildman–Crippen LogP) is 2.49. The number of methoxy groups -OCH3 is 1. The number of furan rings is 1. The zero-order valence-electron chi connectivity index (χ0n) is 9.74. The molecule has 16 heavy (non-hydrogen) atoms. The van der Waals surface area contributed by atoms with E-state index < -0.39 is 0 Å². The van der Waals surface area contributed by atoms with Crippen molar-refractivity contribution in [3.63, 3.8) is 0 Å². The molecule has 2 aliphatic rings. The summed E-state index contributed by atoms with van der Waals surface area (Å²) in [4.78, 5) is 0. The van der Waals surface area contributed by atoms with Gasteiger partial charge in [0.1, 0.15) is 18.1 Å². The van der Waals surface area contributed by atoms with Gasteiger partial charge in [0, 0.05) is 7.11 Å². The standard InChI is InChI=1S/C13H19NO2/c1-15-8-10-5-6-12(16-10)13-11-4-2-3-9(11)7-14-13/h5-6,9,11,13-14H,2-4,7-8H2,1H3. The van der Waals surface area contributed by atoms with Crippen molar-refractivity contribution >= 4 is 0 Å². The number of fused-ring (bicyclic) bond motifs is 1. The minimum absolute atomic E-state index is 0.443. The molecule has 2 heterocycles. The average Bonchev–Trinajstić information content (AvgIpc) is 2.90. The minimum Gasteiger partial charge on any atom is -0.462 e. The molecule has 0 amide bonds. The molecular weight excluding hydrogens is 202 g/mol. The van der Waals surface area contributed by atoms with Gasteiger partial charge in [-0.25, -0.2) is 0 Å². The maximum Gasteiger partial charge on any atom is 0.129 e. The van der Waals surface area contributed by atoms with Gasteiger partial charge in [-0.3, -0.25) is 0 Å². The fraction of sp³-hybridized carbons (Fsp3) is 0.692. The van der Waals surface area contributed by atoms with Crippen LogP contribution >= 0.6 is 0 Å². The summed E-state index contributed by atoms with van der Waals surface area (Å²) in [6.45, 7) is 1.73. The Hall–Kier alpha value is -0.800. The molecule has 3 rings (SSSR count). The maximum atomic E-state index is 5.83. The molecule has 0 aromatic carbocycles. The monoisotopic (exact) mass is 221 g/mol. The van der Waals surface area contributed by atoms with Crippen LogP contribution in [0.3, 0.4) is 0 Å². The van der Waals surface area contributed by atoms with Crippen LogP contribution in [0.15, 0.2) is 16.5 Å². The van der Waals surface area contributed by atoms with Gasteiger partial charge in [-0.2, -0.15) is 0 Å². The Morgan fingerprint density at radius 3 is 3.25 bits per heavy atom. The Bertz CT molecular complexity index is 361. The van der Waals surface area contributed by atoms with Gasteiger partial charge in [0.15, 0.2) is 0 Å². The maximum absolute atomic E-state index is 5.83. The molecule has 1 aliphatic heterocycles. The second-order valence-electron chi connectivity index (χ2n) is 4.98. The van der Waals surface area contributed by atoms with E-state index in [4.69, 9.17) is 9.15 Å². The van der Waals surface area contributed by atoms with Crippen molar-refractivity contribution in [3.05, 3.63) is 23.7 Å². The molecule has 3 unspecified atom stereocenters. The van der Waals surface area contributed by atoms with Gasteiger partial charge in [-0.1, -0.05) is 6.42 Å². The second kappa shape index (κ2) is 4.22. The van der Waals surface area contributed by atoms with E-state index >= 15 is 0 Å². The van der Waals surface area contributed by atoms with E-state index in [9.17, 15) is 0 Å². The summed E-state index contributed by atoms with van der Waals surface area (Å²) in [5.74, 6) is 3.70. The first kappa shape index (κ1) is 10.4. The molecule has 0 bridgehead atoms. The first-order valence-electron chi connectivity index (χ1n) is 6.19. The Morgan fingerprint density at radius 2 is 2.38 bits per heavy atom. The van der Waals surface area contributed by atoms with Gasteiger partial charge >= 0.3 is 0 Å². The Kier molecular flexibility index (Phi) is 2.74. The lowest BCUT2D eigenvalue weighted by atomic mass is 9.93. The number of nitrogens with one attached hydrogen (secondary N) is 1. The van der Waals surface area contributed by atoms with Crippen molar-refractivity contribution in [1.82, 2.24) is 5.32 Å². The molecule has 0 spiro atoms. The largest absolute Gasteiger partial charge is 0.462 e. The number of rotatable bonds is 3. The van der Waals surface area contributed by atoms with Crippen LogP contribution in [-0.2, 0) is 11.3 Å². The minimum atomic E-state index is 0.443. The molecule has 2 fully saturated rings. The van der Waals surface area contributed by atoms with Gasteiger partial charge in [-0.05, 0) is 43.4 Å². The first-order chi connectivity index (χ1) is 7.88. The van der Waals surface area contributed by atoms with Crippen LogP contribution < -0.4 is 5.32 Å². The van der Waals surface area contributed by atoms with Gasteiger partial charge in [0.05, 0.1) is 6.04 Å². The van der Waals surface area contributed by atoms with Crippen molar-refractivity contribution < 1.29 is 9.15 Å². The van der Waals surface area contributed by atoms with Crippen LogP contribution in [-0.4, -0.2) is 13.7 Å². The summed E-state index contributed by atoms with van der Waals surface area (Å²) in [6.07, 6.45) is 4.13. The molecule has 1 N–H and O–H groups in total. The molecule has 3 heteroatoms. The van der Waals surface area contributed by atoms with Gasteiger partial charge < -0.3 is 14.5 Å². The summed E-state index contributed by atoms with van der Waals surface area (Å²) in [7, 11) is 1.70. The predicted molar refractivity (Wildman–Crippen MR) is 61.0 cm³/mol. The third-order valence-corrected chi connectivity index (χ3v) is 4.02.